The lowest BCUT2D eigenvalue weighted by Crippen LogP contribution is -2.37. The molecular formula is C12H21N. The van der Waals surface area contributed by atoms with Crippen LogP contribution in [0.2, 0.25) is 0 Å². The van der Waals surface area contributed by atoms with Gasteiger partial charge in [0, 0.05) is 6.04 Å². The lowest BCUT2D eigenvalue weighted by atomic mass is 9.78. The highest BCUT2D eigenvalue weighted by Gasteiger charge is 2.25. The number of hydrogen-bond acceptors (Lipinski definition) is 1. The number of hydrogen-bond donors (Lipinski definition) is 1. The summed E-state index contributed by atoms with van der Waals surface area (Å²) in [6, 6.07) is 0.227. The summed E-state index contributed by atoms with van der Waals surface area (Å²) in [5.41, 5.74) is 7.60. The molecule has 0 saturated heterocycles. The van der Waals surface area contributed by atoms with Crippen molar-refractivity contribution in [2.45, 2.75) is 33.7 Å². The van der Waals surface area contributed by atoms with Crippen molar-refractivity contribution in [3.05, 3.63) is 23.8 Å². The van der Waals surface area contributed by atoms with Gasteiger partial charge in [0.05, 0.1) is 0 Å². The van der Waals surface area contributed by atoms with E-state index in [1.165, 1.54) is 5.57 Å². The normalized spacial score (nSPS) is 28.4. The molecule has 1 nitrogen and oxygen atoms in total. The van der Waals surface area contributed by atoms with Gasteiger partial charge < -0.3 is 5.73 Å². The summed E-state index contributed by atoms with van der Waals surface area (Å²) in [5, 5.41) is 0. The first kappa shape index (κ1) is 10.5. The number of allylic oxidation sites excluding steroid dienone is 2. The minimum Gasteiger partial charge on any atom is -0.324 e. The van der Waals surface area contributed by atoms with Gasteiger partial charge >= 0.3 is 0 Å². The Labute approximate surface area is 81.7 Å². The quantitative estimate of drug-likeness (QED) is 0.693. The molecule has 0 fully saturated rings. The van der Waals surface area contributed by atoms with E-state index in [2.05, 4.69) is 45.9 Å². The molecule has 2 atom stereocenters. The molecule has 0 aromatic rings. The molecule has 1 aliphatic carbocycles. The van der Waals surface area contributed by atoms with Crippen LogP contribution in [0, 0.1) is 17.8 Å². The van der Waals surface area contributed by atoms with Crippen molar-refractivity contribution in [1.29, 1.82) is 0 Å². The van der Waals surface area contributed by atoms with Gasteiger partial charge in [0.1, 0.15) is 0 Å². The summed E-state index contributed by atoms with van der Waals surface area (Å²) >= 11 is 0. The van der Waals surface area contributed by atoms with Crippen LogP contribution in [0.4, 0.5) is 0 Å². The van der Waals surface area contributed by atoms with E-state index in [1.807, 2.05) is 0 Å². The van der Waals surface area contributed by atoms with Crippen molar-refractivity contribution in [1.82, 2.24) is 0 Å². The Balaban J connectivity index is 2.80. The van der Waals surface area contributed by atoms with Gasteiger partial charge in [-0.3, -0.25) is 0 Å². The van der Waals surface area contributed by atoms with Crippen LogP contribution in [0.5, 0.6) is 0 Å². The topological polar surface area (TPSA) is 26.0 Å². The van der Waals surface area contributed by atoms with Crippen LogP contribution in [0.3, 0.4) is 0 Å². The van der Waals surface area contributed by atoms with E-state index < -0.39 is 0 Å². The van der Waals surface area contributed by atoms with Gasteiger partial charge in [-0.15, -0.1) is 0 Å². The summed E-state index contributed by atoms with van der Waals surface area (Å²) in [7, 11) is 0. The summed E-state index contributed by atoms with van der Waals surface area (Å²) < 4.78 is 0. The lowest BCUT2D eigenvalue weighted by Gasteiger charge is -2.31. The van der Waals surface area contributed by atoms with E-state index in [4.69, 9.17) is 5.73 Å². The Morgan fingerprint density at radius 3 is 2.31 bits per heavy atom. The SMILES string of the molecule is CC(C)C1=CC=CC(C(C)C)C1N. The smallest absolute Gasteiger partial charge is 0.0325 e. The monoisotopic (exact) mass is 179 g/mol. The van der Waals surface area contributed by atoms with Gasteiger partial charge in [0.15, 0.2) is 0 Å². The molecule has 2 unspecified atom stereocenters. The minimum absolute atomic E-state index is 0.227. The fourth-order valence-corrected chi connectivity index (χ4v) is 1.96. The molecule has 1 aliphatic rings. The van der Waals surface area contributed by atoms with Gasteiger partial charge in [-0.05, 0) is 17.8 Å². The second-order valence-electron chi connectivity index (χ2n) is 4.55. The Kier molecular flexibility index (Phi) is 3.32. The van der Waals surface area contributed by atoms with Crippen molar-refractivity contribution in [2.24, 2.45) is 23.5 Å². The van der Waals surface area contributed by atoms with Crippen LogP contribution in [0.25, 0.3) is 0 Å². The molecule has 0 bridgehead atoms. The Morgan fingerprint density at radius 1 is 1.23 bits per heavy atom. The molecule has 0 aliphatic heterocycles. The zero-order valence-electron chi connectivity index (χ0n) is 9.12. The van der Waals surface area contributed by atoms with Crippen molar-refractivity contribution in [2.75, 3.05) is 0 Å². The first-order chi connectivity index (χ1) is 6.04. The average Bonchev–Trinajstić information content (AvgIpc) is 2.03. The van der Waals surface area contributed by atoms with E-state index in [-0.39, 0.29) is 6.04 Å². The molecule has 0 spiro atoms. The van der Waals surface area contributed by atoms with Gasteiger partial charge in [0.2, 0.25) is 0 Å². The summed E-state index contributed by atoms with van der Waals surface area (Å²) in [5.74, 6) is 1.72. The molecule has 1 rings (SSSR count). The molecule has 0 amide bonds. The van der Waals surface area contributed by atoms with Crippen molar-refractivity contribution in [3.8, 4) is 0 Å². The molecule has 0 radical (unpaired) electrons. The number of nitrogens with two attached hydrogens (primary N) is 1. The van der Waals surface area contributed by atoms with Crippen LogP contribution in [-0.2, 0) is 0 Å². The van der Waals surface area contributed by atoms with Crippen LogP contribution < -0.4 is 5.73 Å². The highest BCUT2D eigenvalue weighted by atomic mass is 14.7. The van der Waals surface area contributed by atoms with Crippen LogP contribution in [-0.4, -0.2) is 6.04 Å². The van der Waals surface area contributed by atoms with E-state index in [1.54, 1.807) is 0 Å². The van der Waals surface area contributed by atoms with Gasteiger partial charge in [-0.25, -0.2) is 0 Å². The Morgan fingerprint density at radius 2 is 1.85 bits per heavy atom. The highest BCUT2D eigenvalue weighted by molar-refractivity contribution is 5.27. The van der Waals surface area contributed by atoms with Crippen LogP contribution in [0.1, 0.15) is 27.7 Å². The van der Waals surface area contributed by atoms with Crippen molar-refractivity contribution < 1.29 is 0 Å². The Hall–Kier alpha value is -0.560. The first-order valence-electron chi connectivity index (χ1n) is 5.18. The molecule has 0 aromatic heterocycles. The molecule has 0 saturated carbocycles. The molecule has 1 heteroatoms. The lowest BCUT2D eigenvalue weighted by molar-refractivity contribution is 0.396. The maximum Gasteiger partial charge on any atom is 0.0325 e. The molecule has 74 valence electrons. The zero-order chi connectivity index (χ0) is 10.0. The van der Waals surface area contributed by atoms with E-state index in [0.717, 1.165) is 0 Å². The van der Waals surface area contributed by atoms with E-state index >= 15 is 0 Å². The predicted molar refractivity (Wildman–Crippen MR) is 58.4 cm³/mol. The van der Waals surface area contributed by atoms with E-state index in [9.17, 15) is 0 Å². The van der Waals surface area contributed by atoms with Gasteiger partial charge in [-0.1, -0.05) is 51.5 Å². The third-order valence-corrected chi connectivity index (χ3v) is 2.86. The molecule has 2 N–H and O–H groups in total. The molecule has 0 aromatic carbocycles. The van der Waals surface area contributed by atoms with Crippen LogP contribution >= 0.6 is 0 Å². The summed E-state index contributed by atoms with van der Waals surface area (Å²) in [6.07, 6.45) is 6.57. The summed E-state index contributed by atoms with van der Waals surface area (Å²) in [6.45, 7) is 8.89. The van der Waals surface area contributed by atoms with Crippen molar-refractivity contribution >= 4 is 0 Å². The van der Waals surface area contributed by atoms with Crippen LogP contribution in [0.15, 0.2) is 23.8 Å². The molecule has 13 heavy (non-hydrogen) atoms. The molecule has 0 heterocycles. The third kappa shape index (κ3) is 2.22. The summed E-state index contributed by atoms with van der Waals surface area (Å²) in [4.78, 5) is 0. The fourth-order valence-electron chi connectivity index (χ4n) is 1.96. The predicted octanol–water partition coefficient (Wildman–Crippen LogP) is 2.74. The second-order valence-corrected chi connectivity index (χ2v) is 4.55. The highest BCUT2D eigenvalue weighted by Crippen LogP contribution is 2.28. The fraction of sp³-hybridized carbons (Fsp3) is 0.667. The largest absolute Gasteiger partial charge is 0.324 e. The van der Waals surface area contributed by atoms with Gasteiger partial charge in [-0.2, -0.15) is 0 Å². The minimum atomic E-state index is 0.227. The average molecular weight is 179 g/mol. The third-order valence-electron chi connectivity index (χ3n) is 2.86. The van der Waals surface area contributed by atoms with E-state index in [0.29, 0.717) is 17.8 Å². The Bertz CT molecular complexity index is 223. The maximum atomic E-state index is 6.21. The first-order valence-corrected chi connectivity index (χ1v) is 5.18. The molecular weight excluding hydrogens is 158 g/mol. The van der Waals surface area contributed by atoms with Gasteiger partial charge in [0.25, 0.3) is 0 Å². The standard InChI is InChI=1S/C12H21N/c1-8(2)10-6-5-7-11(9(3)4)12(10)13/h5-10,12H,13H2,1-4H3. The zero-order valence-corrected chi connectivity index (χ0v) is 9.12. The number of rotatable bonds is 2. The van der Waals surface area contributed by atoms with Crippen molar-refractivity contribution in [3.63, 3.8) is 0 Å². The maximum absolute atomic E-state index is 6.21. The second kappa shape index (κ2) is 4.10.